The molecular weight excluding hydrogens is 995 g/mol. The van der Waals surface area contributed by atoms with Crippen molar-refractivity contribution in [2.75, 3.05) is 47.5 Å². The number of nitrogens with zero attached hydrogens (tertiary/aromatic N) is 1. The Balaban J connectivity index is 4.21. The van der Waals surface area contributed by atoms with Gasteiger partial charge in [0.1, 0.15) is 13.2 Å². The minimum Gasteiger partial charge on any atom is -0.545 e. The van der Waals surface area contributed by atoms with E-state index in [2.05, 4.69) is 160 Å². The zero-order valence-electron chi connectivity index (χ0n) is 51.4. The van der Waals surface area contributed by atoms with Gasteiger partial charge in [-0.25, -0.2) is 0 Å². The summed E-state index contributed by atoms with van der Waals surface area (Å²) in [5, 5.41) is 11.8. The standard InChI is InChI=1S/C71H115NO8/c1-6-8-10-12-14-16-18-20-22-24-25-26-27-28-29-30-31-32-33-34-35-36-37-38-39-40-41-42-43-44-45-46-48-50-52-54-56-58-60-62-69(74)80-67(66-79-71(70(75)76)77-64-63-72(3,4)5)65-78-68(73)61-59-57-55-53-51-49-47-23-21-19-17-15-13-11-9-7-2/h8,10,14,16-17,19-20,22-23,25-26,28-29,31-32,34-35,37-38,40-41,43-44,47,67,71H,6-7,9,11-13,15,18,21,24,27,30,33,36,39,42,45-46,48-66H2,1-5H3/b10-8-,16-14-,19-17-,22-20-,26-25-,29-28-,32-31-,35-34-,38-37-,41-40-,44-43-,47-23-. The summed E-state index contributed by atoms with van der Waals surface area (Å²) in [5.74, 6) is -2.33. The number of rotatable bonds is 56. The molecule has 0 aliphatic rings. The summed E-state index contributed by atoms with van der Waals surface area (Å²) in [6.07, 6.45) is 84.8. The van der Waals surface area contributed by atoms with Gasteiger partial charge in [0, 0.05) is 12.8 Å². The zero-order valence-corrected chi connectivity index (χ0v) is 51.4. The summed E-state index contributed by atoms with van der Waals surface area (Å²) >= 11 is 0. The Morgan fingerprint density at radius 3 is 1.06 bits per heavy atom. The van der Waals surface area contributed by atoms with Crippen LogP contribution in [0.15, 0.2) is 146 Å². The molecule has 0 aliphatic carbocycles. The zero-order chi connectivity index (χ0) is 58.3. The summed E-state index contributed by atoms with van der Waals surface area (Å²) in [7, 11) is 5.90. The predicted molar refractivity (Wildman–Crippen MR) is 338 cm³/mol. The molecule has 80 heavy (non-hydrogen) atoms. The van der Waals surface area contributed by atoms with Gasteiger partial charge in [0.25, 0.3) is 0 Å². The molecule has 0 heterocycles. The van der Waals surface area contributed by atoms with Crippen molar-refractivity contribution in [3.63, 3.8) is 0 Å². The summed E-state index contributed by atoms with van der Waals surface area (Å²) in [5.41, 5.74) is 0. The molecular formula is C71H115NO8. The van der Waals surface area contributed by atoms with E-state index in [1.165, 1.54) is 57.8 Å². The Morgan fingerprint density at radius 2 is 0.713 bits per heavy atom. The van der Waals surface area contributed by atoms with E-state index in [-0.39, 0.29) is 38.6 Å². The van der Waals surface area contributed by atoms with Crippen LogP contribution in [0, 0.1) is 0 Å². The molecule has 0 rings (SSSR count). The second-order valence-electron chi connectivity index (χ2n) is 21.6. The number of quaternary nitrogens is 1. The van der Waals surface area contributed by atoms with Crippen LogP contribution in [-0.4, -0.2) is 82.3 Å². The lowest BCUT2D eigenvalue weighted by atomic mass is 10.1. The summed E-state index contributed by atoms with van der Waals surface area (Å²) in [4.78, 5) is 37.3. The van der Waals surface area contributed by atoms with Crippen molar-refractivity contribution in [1.82, 2.24) is 0 Å². The molecule has 9 heteroatoms. The molecule has 9 nitrogen and oxygen atoms in total. The number of carbonyl (C=O) groups is 3. The highest BCUT2D eigenvalue weighted by Gasteiger charge is 2.22. The van der Waals surface area contributed by atoms with E-state index < -0.39 is 24.3 Å². The van der Waals surface area contributed by atoms with Gasteiger partial charge < -0.3 is 33.3 Å². The van der Waals surface area contributed by atoms with Crippen molar-refractivity contribution in [3.8, 4) is 0 Å². The number of allylic oxidation sites excluding steroid dienone is 24. The van der Waals surface area contributed by atoms with Gasteiger partial charge in [0.05, 0.1) is 40.3 Å². The number of esters is 2. The van der Waals surface area contributed by atoms with Gasteiger partial charge in [0.15, 0.2) is 12.4 Å². The number of aliphatic carboxylic acids is 1. The van der Waals surface area contributed by atoms with Gasteiger partial charge in [-0.05, 0) is 122 Å². The summed E-state index contributed by atoms with van der Waals surface area (Å²) in [6, 6.07) is 0. The molecule has 0 radical (unpaired) electrons. The first-order valence-corrected chi connectivity index (χ1v) is 31.5. The van der Waals surface area contributed by atoms with Crippen LogP contribution >= 0.6 is 0 Å². The number of ether oxygens (including phenoxy) is 4. The van der Waals surface area contributed by atoms with Crippen LogP contribution < -0.4 is 5.11 Å². The van der Waals surface area contributed by atoms with Gasteiger partial charge in [-0.1, -0.05) is 237 Å². The number of carboxylic acid groups (broad SMARTS) is 1. The second kappa shape index (κ2) is 60.3. The highest BCUT2D eigenvalue weighted by molar-refractivity contribution is 5.70. The first-order valence-electron chi connectivity index (χ1n) is 31.5. The third-order valence-electron chi connectivity index (χ3n) is 12.8. The maximum Gasteiger partial charge on any atom is 0.306 e. The fraction of sp³-hybridized carbons (Fsp3) is 0.620. The van der Waals surface area contributed by atoms with E-state index in [0.717, 1.165) is 128 Å². The molecule has 0 amide bonds. The maximum atomic E-state index is 12.9. The number of likely N-dealkylation sites (N-methyl/N-ethyl adjacent to an activating group) is 1. The van der Waals surface area contributed by atoms with Gasteiger partial charge in [-0.3, -0.25) is 9.59 Å². The molecule has 452 valence electrons. The van der Waals surface area contributed by atoms with Crippen LogP contribution in [0.1, 0.15) is 226 Å². The highest BCUT2D eigenvalue weighted by atomic mass is 16.7. The highest BCUT2D eigenvalue weighted by Crippen LogP contribution is 2.14. The maximum absolute atomic E-state index is 12.9. The van der Waals surface area contributed by atoms with Crippen LogP contribution in [0.25, 0.3) is 0 Å². The Hall–Kier alpha value is -4.83. The quantitative estimate of drug-likeness (QED) is 0.0195. The third kappa shape index (κ3) is 60.8. The lowest BCUT2D eigenvalue weighted by molar-refractivity contribution is -0.870. The normalized spacial score (nSPS) is 13.8. The Bertz CT molecular complexity index is 1820. The van der Waals surface area contributed by atoms with Crippen molar-refractivity contribution in [2.24, 2.45) is 0 Å². The molecule has 0 bridgehead atoms. The number of carbonyl (C=O) groups excluding carboxylic acids is 3. The van der Waals surface area contributed by atoms with E-state index in [4.69, 9.17) is 18.9 Å². The van der Waals surface area contributed by atoms with E-state index in [1.54, 1.807) is 0 Å². The third-order valence-corrected chi connectivity index (χ3v) is 12.8. The van der Waals surface area contributed by atoms with Crippen molar-refractivity contribution >= 4 is 17.9 Å². The van der Waals surface area contributed by atoms with Gasteiger partial charge in [0.2, 0.25) is 0 Å². The molecule has 2 unspecified atom stereocenters. The molecule has 0 fully saturated rings. The van der Waals surface area contributed by atoms with E-state index in [9.17, 15) is 19.5 Å². The topological polar surface area (TPSA) is 111 Å². The summed E-state index contributed by atoms with van der Waals surface area (Å²) < 4.78 is 22.7. The minimum absolute atomic E-state index is 0.136. The average molecular weight is 1110 g/mol. The first-order chi connectivity index (χ1) is 39.1. The van der Waals surface area contributed by atoms with Crippen LogP contribution in [-0.2, 0) is 33.3 Å². The van der Waals surface area contributed by atoms with Crippen molar-refractivity contribution in [3.05, 3.63) is 146 Å². The predicted octanol–water partition coefficient (Wildman–Crippen LogP) is 17.8. The Kier molecular flexibility index (Phi) is 56.6. The SMILES string of the molecule is CC/C=C\C/C=C\C/C=C\C/C=C\C/C=C\C/C=C\C/C=C\C/C=C\C/C=C\C/C=C\CCCCCCCCCCC(=O)OC(COC(=O)CCCCCCC/C=C\C/C=C\CCCCCC)COC(OCC[N+](C)(C)C)C(=O)[O-]. The smallest absolute Gasteiger partial charge is 0.306 e. The second-order valence-corrected chi connectivity index (χ2v) is 21.6. The molecule has 0 saturated heterocycles. The van der Waals surface area contributed by atoms with Gasteiger partial charge in [-0.2, -0.15) is 0 Å². The van der Waals surface area contributed by atoms with Crippen LogP contribution in [0.3, 0.4) is 0 Å². The van der Waals surface area contributed by atoms with Crippen LogP contribution in [0.2, 0.25) is 0 Å². The van der Waals surface area contributed by atoms with Crippen molar-refractivity contribution in [2.45, 2.75) is 238 Å². The minimum atomic E-state index is -1.64. The Labute approximate surface area is 490 Å². The van der Waals surface area contributed by atoms with Crippen molar-refractivity contribution in [1.29, 1.82) is 0 Å². The number of unbranched alkanes of at least 4 members (excludes halogenated alkanes) is 17. The lowest BCUT2D eigenvalue weighted by Gasteiger charge is -2.26. The fourth-order valence-corrected chi connectivity index (χ4v) is 8.00. The first kappa shape index (κ1) is 75.2. The molecule has 0 saturated carbocycles. The molecule has 0 aromatic rings. The molecule has 2 atom stereocenters. The van der Waals surface area contributed by atoms with Crippen molar-refractivity contribution < 1.29 is 42.9 Å². The molecule has 0 N–H and O–H groups in total. The van der Waals surface area contributed by atoms with Gasteiger partial charge in [-0.15, -0.1) is 0 Å². The van der Waals surface area contributed by atoms with Gasteiger partial charge >= 0.3 is 11.9 Å². The van der Waals surface area contributed by atoms with E-state index in [1.807, 2.05) is 21.1 Å². The number of hydrogen-bond acceptors (Lipinski definition) is 8. The van der Waals surface area contributed by atoms with E-state index in [0.29, 0.717) is 23.9 Å². The summed E-state index contributed by atoms with van der Waals surface area (Å²) in [6.45, 7) is 4.57. The molecule has 0 aromatic heterocycles. The lowest BCUT2D eigenvalue weighted by Crippen LogP contribution is -2.44. The van der Waals surface area contributed by atoms with Crippen LogP contribution in [0.5, 0.6) is 0 Å². The van der Waals surface area contributed by atoms with E-state index >= 15 is 0 Å². The fourth-order valence-electron chi connectivity index (χ4n) is 8.00. The monoisotopic (exact) mass is 1110 g/mol. The number of carboxylic acids is 1. The van der Waals surface area contributed by atoms with Crippen LogP contribution in [0.4, 0.5) is 0 Å². The molecule has 0 spiro atoms. The Morgan fingerprint density at radius 1 is 0.388 bits per heavy atom. The largest absolute Gasteiger partial charge is 0.545 e. The molecule has 0 aromatic carbocycles. The number of hydrogen-bond donors (Lipinski definition) is 0. The average Bonchev–Trinajstić information content (AvgIpc) is 3.43. The molecule has 0 aliphatic heterocycles.